The van der Waals surface area contributed by atoms with Crippen LogP contribution in [0.1, 0.15) is 43.0 Å². The van der Waals surface area contributed by atoms with Crippen LogP contribution in [0.4, 0.5) is 0 Å². The summed E-state index contributed by atoms with van der Waals surface area (Å²) in [6.45, 7) is 2.90. The highest BCUT2D eigenvalue weighted by molar-refractivity contribution is 5.94. The van der Waals surface area contributed by atoms with Gasteiger partial charge in [0, 0.05) is 18.7 Å². The Morgan fingerprint density at radius 1 is 1.17 bits per heavy atom. The van der Waals surface area contributed by atoms with Crippen LogP contribution in [0, 0.1) is 11.8 Å². The number of carbonyl (C=O) groups is 2. The van der Waals surface area contributed by atoms with Crippen molar-refractivity contribution in [2.24, 2.45) is 11.8 Å². The third kappa shape index (κ3) is 3.66. The van der Waals surface area contributed by atoms with Crippen molar-refractivity contribution in [1.29, 1.82) is 0 Å². The van der Waals surface area contributed by atoms with Crippen LogP contribution in [0.15, 0.2) is 24.3 Å². The van der Waals surface area contributed by atoms with Gasteiger partial charge in [-0.05, 0) is 55.9 Å². The van der Waals surface area contributed by atoms with Crippen LogP contribution in [0.5, 0.6) is 5.75 Å². The Kier molecular flexibility index (Phi) is 4.55. The molecule has 124 valence electrons. The van der Waals surface area contributed by atoms with Crippen molar-refractivity contribution in [2.75, 3.05) is 13.1 Å². The standard InChI is InChI=1S/C18H23NO4/c1-12-9-14(18(21)22)11-19(10-12)17(20)13-5-7-16(8-6-13)23-15-3-2-4-15/h5-8,12,14-15H,2-4,9-11H2,1H3,(H,21,22). The van der Waals surface area contributed by atoms with Gasteiger partial charge in [-0.25, -0.2) is 0 Å². The highest BCUT2D eigenvalue weighted by atomic mass is 16.5. The lowest BCUT2D eigenvalue weighted by atomic mass is 9.90. The molecule has 5 heteroatoms. The number of carboxylic acids is 1. The second kappa shape index (κ2) is 6.60. The number of carboxylic acid groups (broad SMARTS) is 1. The molecule has 3 rings (SSSR count). The van der Waals surface area contributed by atoms with Gasteiger partial charge in [0.15, 0.2) is 0 Å². The van der Waals surface area contributed by atoms with E-state index in [1.165, 1.54) is 6.42 Å². The molecule has 2 aliphatic rings. The molecule has 1 saturated carbocycles. The average molecular weight is 317 g/mol. The summed E-state index contributed by atoms with van der Waals surface area (Å²) in [5, 5.41) is 9.22. The lowest BCUT2D eigenvalue weighted by Gasteiger charge is -2.34. The fraction of sp³-hybridized carbons (Fsp3) is 0.556. The van der Waals surface area contributed by atoms with E-state index in [4.69, 9.17) is 4.74 Å². The number of carbonyl (C=O) groups excluding carboxylic acids is 1. The fourth-order valence-electron chi connectivity index (χ4n) is 3.24. The number of nitrogens with zero attached hydrogens (tertiary/aromatic N) is 1. The number of piperidine rings is 1. The number of benzene rings is 1. The van der Waals surface area contributed by atoms with Gasteiger partial charge >= 0.3 is 5.97 Å². The monoisotopic (exact) mass is 317 g/mol. The van der Waals surface area contributed by atoms with E-state index < -0.39 is 11.9 Å². The van der Waals surface area contributed by atoms with E-state index in [-0.39, 0.29) is 11.8 Å². The molecular formula is C18H23NO4. The maximum absolute atomic E-state index is 12.6. The van der Waals surface area contributed by atoms with E-state index >= 15 is 0 Å². The Morgan fingerprint density at radius 3 is 2.43 bits per heavy atom. The van der Waals surface area contributed by atoms with Gasteiger partial charge in [-0.1, -0.05) is 6.92 Å². The summed E-state index contributed by atoms with van der Waals surface area (Å²) in [5.41, 5.74) is 0.587. The summed E-state index contributed by atoms with van der Waals surface area (Å²) >= 11 is 0. The van der Waals surface area contributed by atoms with E-state index in [0.717, 1.165) is 18.6 Å². The quantitative estimate of drug-likeness (QED) is 0.927. The number of hydrogen-bond donors (Lipinski definition) is 1. The molecule has 1 N–H and O–H groups in total. The minimum atomic E-state index is -0.821. The number of amides is 1. The predicted molar refractivity (Wildman–Crippen MR) is 85.5 cm³/mol. The third-order valence-corrected chi connectivity index (χ3v) is 4.75. The van der Waals surface area contributed by atoms with E-state index in [0.29, 0.717) is 31.2 Å². The van der Waals surface area contributed by atoms with Crippen LogP contribution < -0.4 is 4.74 Å². The van der Waals surface area contributed by atoms with Crippen LogP contribution in [-0.4, -0.2) is 41.1 Å². The fourth-order valence-corrected chi connectivity index (χ4v) is 3.24. The second-order valence-corrected chi connectivity index (χ2v) is 6.78. The molecule has 0 spiro atoms. The normalized spacial score (nSPS) is 24.8. The summed E-state index contributed by atoms with van der Waals surface area (Å²) in [4.78, 5) is 25.5. The zero-order valence-corrected chi connectivity index (χ0v) is 13.4. The highest BCUT2D eigenvalue weighted by Crippen LogP contribution is 2.26. The summed E-state index contributed by atoms with van der Waals surface area (Å²) in [6, 6.07) is 7.19. The molecule has 1 aliphatic heterocycles. The Morgan fingerprint density at radius 2 is 1.87 bits per heavy atom. The number of rotatable bonds is 4. The van der Waals surface area contributed by atoms with Gasteiger partial charge in [-0.15, -0.1) is 0 Å². The number of ether oxygens (including phenoxy) is 1. The van der Waals surface area contributed by atoms with Crippen LogP contribution >= 0.6 is 0 Å². The van der Waals surface area contributed by atoms with Crippen molar-refractivity contribution in [3.05, 3.63) is 29.8 Å². The van der Waals surface area contributed by atoms with Crippen LogP contribution in [0.3, 0.4) is 0 Å². The second-order valence-electron chi connectivity index (χ2n) is 6.78. The van der Waals surface area contributed by atoms with Crippen molar-refractivity contribution < 1.29 is 19.4 Å². The Balaban J connectivity index is 1.65. The van der Waals surface area contributed by atoms with Crippen molar-refractivity contribution in [3.8, 4) is 5.75 Å². The lowest BCUT2D eigenvalue weighted by Crippen LogP contribution is -2.45. The minimum absolute atomic E-state index is 0.0991. The summed E-state index contributed by atoms with van der Waals surface area (Å²) in [5.74, 6) is -0.391. The molecule has 2 unspecified atom stereocenters. The topological polar surface area (TPSA) is 66.8 Å². The Bertz CT molecular complexity index is 579. The Hall–Kier alpha value is -2.04. The molecule has 5 nitrogen and oxygen atoms in total. The predicted octanol–water partition coefficient (Wildman–Crippen LogP) is 2.80. The number of aliphatic carboxylic acids is 1. The van der Waals surface area contributed by atoms with Gasteiger partial charge in [-0.3, -0.25) is 9.59 Å². The van der Waals surface area contributed by atoms with E-state index in [2.05, 4.69) is 0 Å². The zero-order chi connectivity index (χ0) is 16.4. The molecule has 0 bridgehead atoms. The molecule has 1 aromatic rings. The molecule has 0 radical (unpaired) electrons. The highest BCUT2D eigenvalue weighted by Gasteiger charge is 2.32. The van der Waals surface area contributed by atoms with Gasteiger partial charge in [0.2, 0.25) is 0 Å². The maximum Gasteiger partial charge on any atom is 0.308 e. The largest absolute Gasteiger partial charge is 0.490 e. The summed E-state index contributed by atoms with van der Waals surface area (Å²) in [7, 11) is 0. The molecule has 2 atom stereocenters. The first-order valence-corrected chi connectivity index (χ1v) is 8.31. The first-order chi connectivity index (χ1) is 11.0. The van der Waals surface area contributed by atoms with Crippen LogP contribution in [0.25, 0.3) is 0 Å². The lowest BCUT2D eigenvalue weighted by molar-refractivity contribution is -0.143. The maximum atomic E-state index is 12.6. The average Bonchev–Trinajstić information content (AvgIpc) is 2.50. The molecule has 1 amide bonds. The van der Waals surface area contributed by atoms with E-state index in [1.54, 1.807) is 17.0 Å². The molecule has 1 aliphatic carbocycles. The number of likely N-dealkylation sites (tertiary alicyclic amines) is 1. The van der Waals surface area contributed by atoms with Gasteiger partial charge in [0.1, 0.15) is 5.75 Å². The smallest absolute Gasteiger partial charge is 0.308 e. The van der Waals surface area contributed by atoms with Crippen molar-refractivity contribution in [1.82, 2.24) is 4.90 Å². The van der Waals surface area contributed by atoms with Crippen molar-refractivity contribution in [3.63, 3.8) is 0 Å². The first-order valence-electron chi connectivity index (χ1n) is 8.31. The van der Waals surface area contributed by atoms with Gasteiger partial charge in [0.25, 0.3) is 5.91 Å². The Labute approximate surface area is 136 Å². The van der Waals surface area contributed by atoms with Crippen LogP contribution in [-0.2, 0) is 4.79 Å². The van der Waals surface area contributed by atoms with E-state index in [9.17, 15) is 14.7 Å². The van der Waals surface area contributed by atoms with Gasteiger partial charge < -0.3 is 14.7 Å². The molecule has 1 heterocycles. The van der Waals surface area contributed by atoms with Gasteiger partial charge in [0.05, 0.1) is 12.0 Å². The minimum Gasteiger partial charge on any atom is -0.490 e. The zero-order valence-electron chi connectivity index (χ0n) is 13.4. The van der Waals surface area contributed by atoms with Crippen molar-refractivity contribution >= 4 is 11.9 Å². The van der Waals surface area contributed by atoms with Gasteiger partial charge in [-0.2, -0.15) is 0 Å². The first kappa shape index (κ1) is 15.8. The molecule has 2 fully saturated rings. The van der Waals surface area contributed by atoms with Crippen molar-refractivity contribution in [2.45, 2.75) is 38.7 Å². The molecule has 23 heavy (non-hydrogen) atoms. The summed E-state index contributed by atoms with van der Waals surface area (Å²) in [6.07, 6.45) is 4.37. The van der Waals surface area contributed by atoms with E-state index in [1.807, 2.05) is 19.1 Å². The number of hydrogen-bond acceptors (Lipinski definition) is 3. The SMILES string of the molecule is CC1CC(C(=O)O)CN(C(=O)c2ccc(OC3CCC3)cc2)C1. The summed E-state index contributed by atoms with van der Waals surface area (Å²) < 4.78 is 5.79. The molecule has 0 aromatic heterocycles. The van der Waals surface area contributed by atoms with Crippen LogP contribution in [0.2, 0.25) is 0 Å². The molecular weight excluding hydrogens is 294 g/mol. The molecule has 1 saturated heterocycles. The molecule has 1 aromatic carbocycles. The third-order valence-electron chi connectivity index (χ3n) is 4.75.